The number of amides is 2. The van der Waals surface area contributed by atoms with E-state index in [4.69, 9.17) is 5.73 Å². The van der Waals surface area contributed by atoms with Crippen LogP contribution in [-0.2, 0) is 9.59 Å². The lowest BCUT2D eigenvalue weighted by molar-refractivity contribution is -0.183. The molecular formula is C12H15F3N2O2. The molecule has 7 heteroatoms. The van der Waals surface area contributed by atoms with Gasteiger partial charge in [-0.1, -0.05) is 12.2 Å². The molecule has 0 bridgehead atoms. The number of halogens is 3. The average Bonchev–Trinajstić information content (AvgIpc) is 2.96. The minimum atomic E-state index is -4.51. The number of nitrogens with two attached hydrogens (primary N) is 1. The van der Waals surface area contributed by atoms with Crippen LogP contribution in [0.15, 0.2) is 12.2 Å². The van der Waals surface area contributed by atoms with Gasteiger partial charge in [0.1, 0.15) is 0 Å². The first-order valence-corrected chi connectivity index (χ1v) is 6.10. The minimum absolute atomic E-state index is 0.227. The van der Waals surface area contributed by atoms with E-state index in [0.29, 0.717) is 12.8 Å². The monoisotopic (exact) mass is 276 g/mol. The van der Waals surface area contributed by atoms with Crippen LogP contribution in [0.2, 0.25) is 0 Å². The van der Waals surface area contributed by atoms with Gasteiger partial charge in [0, 0.05) is 19.0 Å². The lowest BCUT2D eigenvalue weighted by Crippen LogP contribution is -2.37. The molecule has 106 valence electrons. The molecule has 0 aromatic carbocycles. The van der Waals surface area contributed by atoms with Crippen molar-refractivity contribution in [3.05, 3.63) is 12.2 Å². The van der Waals surface area contributed by atoms with E-state index in [9.17, 15) is 22.8 Å². The summed E-state index contributed by atoms with van der Waals surface area (Å²) in [7, 11) is 0. The molecule has 0 saturated carbocycles. The van der Waals surface area contributed by atoms with Gasteiger partial charge < -0.3 is 10.6 Å². The maximum Gasteiger partial charge on any atom is 0.394 e. The molecule has 4 nitrogen and oxygen atoms in total. The Morgan fingerprint density at radius 1 is 1.16 bits per heavy atom. The van der Waals surface area contributed by atoms with Crippen molar-refractivity contribution in [3.63, 3.8) is 0 Å². The van der Waals surface area contributed by atoms with Crippen molar-refractivity contribution in [2.75, 3.05) is 13.1 Å². The van der Waals surface area contributed by atoms with Crippen molar-refractivity contribution in [2.24, 2.45) is 23.5 Å². The second-order valence-corrected chi connectivity index (χ2v) is 5.04. The van der Waals surface area contributed by atoms with Crippen molar-refractivity contribution in [2.45, 2.75) is 19.0 Å². The molecule has 1 aliphatic heterocycles. The third-order valence-electron chi connectivity index (χ3n) is 3.77. The summed E-state index contributed by atoms with van der Waals surface area (Å²) in [6.07, 6.45) is 0.264. The lowest BCUT2D eigenvalue weighted by atomic mass is 9.95. The molecule has 1 fully saturated rings. The fourth-order valence-corrected chi connectivity index (χ4v) is 2.68. The van der Waals surface area contributed by atoms with Gasteiger partial charge in [-0.15, -0.1) is 0 Å². The number of hydrogen-bond acceptors (Lipinski definition) is 2. The Morgan fingerprint density at radius 3 is 2.16 bits per heavy atom. The van der Waals surface area contributed by atoms with Crippen molar-refractivity contribution < 1.29 is 22.8 Å². The summed E-state index contributed by atoms with van der Waals surface area (Å²) in [6.45, 7) is -0.693. The Hall–Kier alpha value is -1.53. The van der Waals surface area contributed by atoms with E-state index >= 15 is 0 Å². The SMILES string of the molecule is NC(=O)[C@@H]1CN(C(=O)C2CC=CC2)C[C@H]1C(F)(F)F. The van der Waals surface area contributed by atoms with Crippen molar-refractivity contribution >= 4 is 11.8 Å². The van der Waals surface area contributed by atoms with Gasteiger partial charge in [0.15, 0.2) is 0 Å². The third kappa shape index (κ3) is 2.74. The van der Waals surface area contributed by atoms with E-state index in [0.717, 1.165) is 4.90 Å². The Labute approximate surface area is 108 Å². The van der Waals surface area contributed by atoms with Crippen LogP contribution in [-0.4, -0.2) is 36.0 Å². The van der Waals surface area contributed by atoms with Crippen LogP contribution >= 0.6 is 0 Å². The Bertz CT molecular complexity index is 412. The highest BCUT2D eigenvalue weighted by Gasteiger charge is 2.53. The fraction of sp³-hybridized carbons (Fsp3) is 0.667. The molecule has 0 unspecified atom stereocenters. The summed E-state index contributed by atoms with van der Waals surface area (Å²) in [5.41, 5.74) is 5.01. The summed E-state index contributed by atoms with van der Waals surface area (Å²) < 4.78 is 38.5. The van der Waals surface area contributed by atoms with E-state index in [-0.39, 0.29) is 18.4 Å². The molecule has 0 aromatic rings. The van der Waals surface area contributed by atoms with E-state index in [2.05, 4.69) is 0 Å². The highest BCUT2D eigenvalue weighted by atomic mass is 19.4. The largest absolute Gasteiger partial charge is 0.394 e. The molecule has 1 saturated heterocycles. The Balaban J connectivity index is 2.09. The van der Waals surface area contributed by atoms with Gasteiger partial charge in [-0.05, 0) is 12.8 Å². The van der Waals surface area contributed by atoms with E-state index < -0.39 is 30.5 Å². The molecule has 1 heterocycles. The topological polar surface area (TPSA) is 63.4 Å². The van der Waals surface area contributed by atoms with Crippen LogP contribution in [0.4, 0.5) is 13.2 Å². The molecule has 2 N–H and O–H groups in total. The molecule has 1 aliphatic carbocycles. The predicted molar refractivity (Wildman–Crippen MR) is 60.7 cm³/mol. The molecule has 0 radical (unpaired) electrons. The molecule has 2 amide bonds. The summed E-state index contributed by atoms with van der Waals surface area (Å²) in [6, 6.07) is 0. The number of primary amides is 1. The zero-order valence-corrected chi connectivity index (χ0v) is 10.2. The molecule has 2 rings (SSSR count). The van der Waals surface area contributed by atoms with Crippen molar-refractivity contribution in [3.8, 4) is 0 Å². The zero-order chi connectivity index (χ0) is 14.2. The Morgan fingerprint density at radius 2 is 1.74 bits per heavy atom. The Kier molecular flexibility index (Phi) is 3.56. The van der Waals surface area contributed by atoms with Crippen LogP contribution in [0, 0.1) is 17.8 Å². The number of rotatable bonds is 2. The number of allylic oxidation sites excluding steroid dienone is 2. The predicted octanol–water partition coefficient (Wildman–Crippen LogP) is 1.07. The average molecular weight is 276 g/mol. The number of hydrogen-bond donors (Lipinski definition) is 1. The van der Waals surface area contributed by atoms with E-state index in [1.165, 1.54) is 0 Å². The second kappa shape index (κ2) is 4.86. The van der Waals surface area contributed by atoms with E-state index in [1.54, 1.807) is 0 Å². The van der Waals surface area contributed by atoms with Gasteiger partial charge >= 0.3 is 6.18 Å². The maximum atomic E-state index is 12.8. The smallest absolute Gasteiger partial charge is 0.369 e. The molecule has 19 heavy (non-hydrogen) atoms. The number of nitrogens with zero attached hydrogens (tertiary/aromatic N) is 1. The standard InChI is InChI=1S/C12H15F3N2O2/c13-12(14,15)9-6-17(5-8(9)10(16)18)11(19)7-3-1-2-4-7/h1-2,7-9H,3-6H2,(H2,16,18)/t8-,9-/m1/s1. The van der Waals surface area contributed by atoms with Gasteiger partial charge in [0.25, 0.3) is 0 Å². The first-order valence-electron chi connectivity index (χ1n) is 6.10. The minimum Gasteiger partial charge on any atom is -0.369 e. The van der Waals surface area contributed by atoms with E-state index in [1.807, 2.05) is 12.2 Å². The van der Waals surface area contributed by atoms with Crippen molar-refractivity contribution in [1.82, 2.24) is 4.90 Å². The van der Waals surface area contributed by atoms with Crippen LogP contribution in [0.3, 0.4) is 0 Å². The van der Waals surface area contributed by atoms with Gasteiger partial charge in [0.05, 0.1) is 11.8 Å². The summed E-state index contributed by atoms with van der Waals surface area (Å²) in [5.74, 6) is -4.78. The maximum absolute atomic E-state index is 12.8. The highest BCUT2D eigenvalue weighted by Crippen LogP contribution is 2.38. The normalized spacial score (nSPS) is 28.1. The highest BCUT2D eigenvalue weighted by molar-refractivity contribution is 5.83. The van der Waals surface area contributed by atoms with Crippen LogP contribution in [0.5, 0.6) is 0 Å². The zero-order valence-electron chi connectivity index (χ0n) is 10.2. The lowest BCUT2D eigenvalue weighted by Gasteiger charge is -2.21. The number of alkyl halides is 3. The molecule has 2 aliphatic rings. The number of carbonyl (C=O) groups excluding carboxylic acids is 2. The van der Waals surface area contributed by atoms with Crippen LogP contribution in [0.1, 0.15) is 12.8 Å². The van der Waals surface area contributed by atoms with Crippen molar-refractivity contribution in [1.29, 1.82) is 0 Å². The third-order valence-corrected chi connectivity index (χ3v) is 3.77. The molecule has 0 aromatic heterocycles. The molecular weight excluding hydrogens is 261 g/mol. The molecule has 0 spiro atoms. The first kappa shape index (κ1) is 13.9. The fourth-order valence-electron chi connectivity index (χ4n) is 2.68. The molecule has 2 atom stereocenters. The number of likely N-dealkylation sites (tertiary alicyclic amines) is 1. The van der Waals surface area contributed by atoms with Gasteiger partial charge in [-0.2, -0.15) is 13.2 Å². The second-order valence-electron chi connectivity index (χ2n) is 5.04. The first-order chi connectivity index (χ1) is 8.80. The summed E-state index contributed by atoms with van der Waals surface area (Å²) >= 11 is 0. The van der Waals surface area contributed by atoms with Crippen LogP contribution < -0.4 is 5.73 Å². The van der Waals surface area contributed by atoms with Gasteiger partial charge in [0.2, 0.25) is 11.8 Å². The van der Waals surface area contributed by atoms with Gasteiger partial charge in [-0.3, -0.25) is 9.59 Å². The quantitative estimate of drug-likeness (QED) is 0.767. The summed E-state index contributed by atoms with van der Waals surface area (Å²) in [4.78, 5) is 24.3. The summed E-state index contributed by atoms with van der Waals surface area (Å²) in [5, 5.41) is 0. The number of carbonyl (C=O) groups is 2. The van der Waals surface area contributed by atoms with Gasteiger partial charge in [-0.25, -0.2) is 0 Å². The van der Waals surface area contributed by atoms with Crippen LogP contribution in [0.25, 0.3) is 0 Å².